The zero-order valence-corrected chi connectivity index (χ0v) is 9.97. The molecule has 0 amide bonds. The van der Waals surface area contributed by atoms with Gasteiger partial charge in [0.05, 0.1) is 11.6 Å². The van der Waals surface area contributed by atoms with E-state index in [0.717, 1.165) is 5.56 Å². The topological polar surface area (TPSA) is 62.7 Å². The van der Waals surface area contributed by atoms with Crippen molar-refractivity contribution >= 4 is 0 Å². The van der Waals surface area contributed by atoms with Crippen molar-refractivity contribution in [3.8, 4) is 17.9 Å². The molecule has 0 bridgehead atoms. The minimum Gasteiger partial charge on any atom is -0.426 e. The molecule has 0 spiro atoms. The Balaban J connectivity index is 1.90. The summed E-state index contributed by atoms with van der Waals surface area (Å²) in [5, 5.41) is 16.3. The van der Waals surface area contributed by atoms with E-state index in [1.165, 1.54) is 0 Å². The third-order valence-electron chi connectivity index (χ3n) is 2.28. The van der Waals surface area contributed by atoms with E-state index in [1.54, 1.807) is 19.1 Å². The molecule has 0 fully saturated rings. The molecule has 0 atom stereocenters. The van der Waals surface area contributed by atoms with Crippen LogP contribution in [0.3, 0.4) is 0 Å². The van der Waals surface area contributed by atoms with E-state index in [9.17, 15) is 0 Å². The van der Waals surface area contributed by atoms with Gasteiger partial charge in [-0.05, 0) is 24.3 Å². The second-order valence-electron chi connectivity index (χ2n) is 3.71. The highest BCUT2D eigenvalue weighted by atomic mass is 16.4. The number of rotatable bonds is 2. The predicted octanol–water partition coefficient (Wildman–Crippen LogP) is 2.23. The van der Waals surface area contributed by atoms with Gasteiger partial charge in [0.2, 0.25) is 11.8 Å². The van der Waals surface area contributed by atoms with Crippen LogP contribution in [0.2, 0.25) is 0 Å². The third kappa shape index (κ3) is 3.20. The van der Waals surface area contributed by atoms with Gasteiger partial charge in [-0.3, -0.25) is 0 Å². The van der Waals surface area contributed by atoms with E-state index in [2.05, 4.69) is 28.1 Å². The molecule has 1 heterocycles. The summed E-state index contributed by atoms with van der Waals surface area (Å²) in [6, 6.07) is 9.25. The molecular formula is C14H11N3O. The normalized spacial score (nSPS) is 9.33. The summed E-state index contributed by atoms with van der Waals surface area (Å²) in [5.74, 6) is 7.25. The molecule has 4 nitrogen and oxygen atoms in total. The fourth-order valence-corrected chi connectivity index (χ4v) is 1.40. The quantitative estimate of drug-likeness (QED) is 0.751. The lowest BCUT2D eigenvalue weighted by molar-refractivity contribution is 0.469. The summed E-state index contributed by atoms with van der Waals surface area (Å²) in [7, 11) is 0. The van der Waals surface area contributed by atoms with Gasteiger partial charge in [-0.25, -0.2) is 0 Å². The van der Waals surface area contributed by atoms with Gasteiger partial charge >= 0.3 is 0 Å². The van der Waals surface area contributed by atoms with Gasteiger partial charge in [0.1, 0.15) is 0 Å². The standard InChI is InChI=1S/C14H11N3O/c1-11-16-17-14(18-11)5-3-2-4-12-6-8-13(10-15)9-7-12/h6-9H,3,5H2,1H3. The monoisotopic (exact) mass is 237 g/mol. The molecule has 0 N–H and O–H groups in total. The van der Waals surface area contributed by atoms with Crippen LogP contribution in [0.4, 0.5) is 0 Å². The van der Waals surface area contributed by atoms with Crippen LogP contribution in [0.5, 0.6) is 0 Å². The van der Waals surface area contributed by atoms with Crippen LogP contribution < -0.4 is 0 Å². The van der Waals surface area contributed by atoms with E-state index in [-0.39, 0.29) is 0 Å². The third-order valence-corrected chi connectivity index (χ3v) is 2.28. The van der Waals surface area contributed by atoms with Crippen LogP contribution in [0.25, 0.3) is 0 Å². The summed E-state index contributed by atoms with van der Waals surface area (Å²) in [4.78, 5) is 0. The van der Waals surface area contributed by atoms with Crippen molar-refractivity contribution in [3.05, 3.63) is 47.2 Å². The smallest absolute Gasteiger partial charge is 0.217 e. The fraction of sp³-hybridized carbons (Fsp3) is 0.214. The van der Waals surface area contributed by atoms with E-state index >= 15 is 0 Å². The minimum atomic E-state index is 0.574. The number of nitriles is 1. The molecule has 4 heteroatoms. The summed E-state index contributed by atoms with van der Waals surface area (Å²) >= 11 is 0. The molecule has 0 aliphatic carbocycles. The molecule has 0 aliphatic heterocycles. The first-order valence-electron chi connectivity index (χ1n) is 5.56. The Kier molecular flexibility index (Phi) is 3.73. The minimum absolute atomic E-state index is 0.574. The van der Waals surface area contributed by atoms with E-state index in [0.29, 0.717) is 30.2 Å². The van der Waals surface area contributed by atoms with Crippen molar-refractivity contribution in [2.75, 3.05) is 0 Å². The lowest BCUT2D eigenvalue weighted by Gasteiger charge is -1.90. The molecule has 0 radical (unpaired) electrons. The Morgan fingerprint density at radius 1 is 1.17 bits per heavy atom. The maximum Gasteiger partial charge on any atom is 0.217 e. The molecule has 18 heavy (non-hydrogen) atoms. The van der Waals surface area contributed by atoms with Gasteiger partial charge in [-0.1, -0.05) is 11.8 Å². The van der Waals surface area contributed by atoms with E-state index in [1.807, 2.05) is 12.1 Å². The molecule has 0 saturated heterocycles. The van der Waals surface area contributed by atoms with Gasteiger partial charge < -0.3 is 4.42 Å². The summed E-state index contributed by atoms with van der Waals surface area (Å²) in [5.41, 5.74) is 1.54. The number of nitrogens with zero attached hydrogens (tertiary/aromatic N) is 3. The summed E-state index contributed by atoms with van der Waals surface area (Å²) in [6.45, 7) is 1.76. The van der Waals surface area contributed by atoms with Crippen LogP contribution in [-0.2, 0) is 6.42 Å². The van der Waals surface area contributed by atoms with Crippen LogP contribution in [0.1, 0.15) is 29.3 Å². The van der Waals surface area contributed by atoms with Crippen molar-refractivity contribution in [2.45, 2.75) is 19.8 Å². The van der Waals surface area contributed by atoms with Crippen molar-refractivity contribution in [2.24, 2.45) is 0 Å². The van der Waals surface area contributed by atoms with Crippen LogP contribution in [-0.4, -0.2) is 10.2 Å². The predicted molar refractivity (Wildman–Crippen MR) is 65.4 cm³/mol. The molecular weight excluding hydrogens is 226 g/mol. The Morgan fingerprint density at radius 3 is 2.50 bits per heavy atom. The van der Waals surface area contributed by atoms with Gasteiger partial charge in [0.25, 0.3) is 0 Å². The number of aryl methyl sites for hydroxylation is 2. The highest BCUT2D eigenvalue weighted by molar-refractivity contribution is 5.39. The maximum absolute atomic E-state index is 8.66. The molecule has 1 aromatic heterocycles. The molecule has 0 unspecified atom stereocenters. The second-order valence-corrected chi connectivity index (χ2v) is 3.71. The average molecular weight is 237 g/mol. The fourth-order valence-electron chi connectivity index (χ4n) is 1.40. The van der Waals surface area contributed by atoms with Gasteiger partial charge in [0, 0.05) is 25.3 Å². The molecule has 2 rings (SSSR count). The van der Waals surface area contributed by atoms with Crippen LogP contribution in [0, 0.1) is 30.1 Å². The maximum atomic E-state index is 8.66. The molecule has 1 aromatic carbocycles. The first-order chi connectivity index (χ1) is 8.78. The van der Waals surface area contributed by atoms with Gasteiger partial charge in [0.15, 0.2) is 0 Å². The largest absolute Gasteiger partial charge is 0.426 e. The Hall–Kier alpha value is -2.59. The summed E-state index contributed by atoms with van der Waals surface area (Å²) in [6.07, 6.45) is 1.33. The van der Waals surface area contributed by atoms with Crippen molar-refractivity contribution in [1.29, 1.82) is 5.26 Å². The van der Waals surface area contributed by atoms with Crippen molar-refractivity contribution in [3.63, 3.8) is 0 Å². The first kappa shape index (κ1) is 11.9. The Morgan fingerprint density at radius 2 is 1.89 bits per heavy atom. The average Bonchev–Trinajstić information content (AvgIpc) is 2.81. The zero-order valence-electron chi connectivity index (χ0n) is 9.97. The van der Waals surface area contributed by atoms with E-state index in [4.69, 9.17) is 9.68 Å². The first-order valence-corrected chi connectivity index (χ1v) is 5.56. The number of benzene rings is 1. The van der Waals surface area contributed by atoms with Crippen LogP contribution in [0.15, 0.2) is 28.7 Å². The Labute approximate surface area is 105 Å². The highest BCUT2D eigenvalue weighted by Crippen LogP contribution is 2.03. The van der Waals surface area contributed by atoms with Gasteiger partial charge in [-0.2, -0.15) is 5.26 Å². The van der Waals surface area contributed by atoms with Crippen molar-refractivity contribution < 1.29 is 4.42 Å². The lowest BCUT2D eigenvalue weighted by atomic mass is 10.1. The highest BCUT2D eigenvalue weighted by Gasteiger charge is 1.99. The Bertz CT molecular complexity index is 624. The molecule has 0 saturated carbocycles. The number of hydrogen-bond acceptors (Lipinski definition) is 4. The molecule has 2 aromatic rings. The van der Waals surface area contributed by atoms with Crippen molar-refractivity contribution in [1.82, 2.24) is 10.2 Å². The number of hydrogen-bond donors (Lipinski definition) is 0. The summed E-state index contributed by atoms with van der Waals surface area (Å²) < 4.78 is 5.24. The zero-order chi connectivity index (χ0) is 12.8. The van der Waals surface area contributed by atoms with E-state index < -0.39 is 0 Å². The SMILES string of the molecule is Cc1nnc(CCC#Cc2ccc(C#N)cc2)o1. The molecule has 88 valence electrons. The van der Waals surface area contributed by atoms with Gasteiger partial charge in [-0.15, -0.1) is 10.2 Å². The number of aromatic nitrogens is 2. The molecule has 0 aliphatic rings. The van der Waals surface area contributed by atoms with Crippen LogP contribution >= 0.6 is 0 Å². The second kappa shape index (κ2) is 5.65. The lowest BCUT2D eigenvalue weighted by Crippen LogP contribution is -1.83.